The van der Waals surface area contributed by atoms with Crippen molar-refractivity contribution >= 4 is 35.0 Å². The third kappa shape index (κ3) is 4.23. The minimum absolute atomic E-state index is 0.00966. The van der Waals surface area contributed by atoms with Crippen LogP contribution in [0.3, 0.4) is 0 Å². The average molecular weight is 447 g/mol. The van der Waals surface area contributed by atoms with Crippen LogP contribution in [0.4, 0.5) is 4.39 Å². The monoisotopic (exact) mass is 446 g/mol. The normalized spacial score (nSPS) is 23.2. The Morgan fingerprint density at radius 3 is 2.43 bits per heavy atom. The molecule has 154 valence electrons. The summed E-state index contributed by atoms with van der Waals surface area (Å²) in [6.45, 7) is -0.231. The maximum atomic E-state index is 13.4. The highest BCUT2D eigenvalue weighted by atomic mass is 35.5. The van der Waals surface area contributed by atoms with Crippen molar-refractivity contribution in [2.24, 2.45) is 0 Å². The standard InChI is InChI=1S/C22H17Cl2FN2O3/c23-16-4-2-1-3-14(16)5-8-19(28)26-21-11-22(12-21,13-21)27-20(29)10-30-15-6-7-17(24)18(25)9-15/h1-4,6-7,9H,10-13H2,(H,26,28)(H,27,29). The topological polar surface area (TPSA) is 67.4 Å². The van der Waals surface area contributed by atoms with Gasteiger partial charge in [0.15, 0.2) is 6.61 Å². The first-order valence-corrected chi connectivity index (χ1v) is 10.0. The summed E-state index contributed by atoms with van der Waals surface area (Å²) in [6, 6.07) is 11.0. The molecule has 3 aliphatic carbocycles. The van der Waals surface area contributed by atoms with Gasteiger partial charge in [-0.15, -0.1) is 0 Å². The van der Waals surface area contributed by atoms with E-state index in [9.17, 15) is 14.0 Å². The number of carbonyl (C=O) groups excluding carboxylic acids is 2. The first-order chi connectivity index (χ1) is 14.3. The Morgan fingerprint density at radius 1 is 1.03 bits per heavy atom. The van der Waals surface area contributed by atoms with Gasteiger partial charge in [-0.25, -0.2) is 4.39 Å². The molecule has 0 aliphatic heterocycles. The Balaban J connectivity index is 1.23. The number of ether oxygens (including phenoxy) is 1. The van der Waals surface area contributed by atoms with Crippen LogP contribution in [0.5, 0.6) is 5.75 Å². The second-order valence-electron chi connectivity index (χ2n) is 7.69. The smallest absolute Gasteiger partial charge is 0.296 e. The minimum atomic E-state index is -0.607. The third-order valence-electron chi connectivity index (χ3n) is 5.26. The van der Waals surface area contributed by atoms with Crippen molar-refractivity contribution in [1.29, 1.82) is 0 Å². The van der Waals surface area contributed by atoms with Crippen molar-refractivity contribution in [2.75, 3.05) is 6.61 Å². The van der Waals surface area contributed by atoms with E-state index in [2.05, 4.69) is 22.5 Å². The predicted octanol–water partition coefficient (Wildman–Crippen LogP) is 3.47. The van der Waals surface area contributed by atoms with Gasteiger partial charge in [-0.2, -0.15) is 0 Å². The van der Waals surface area contributed by atoms with E-state index in [0.717, 1.165) is 6.07 Å². The zero-order valence-corrected chi connectivity index (χ0v) is 17.2. The molecule has 3 aliphatic rings. The molecule has 3 saturated carbocycles. The van der Waals surface area contributed by atoms with Crippen LogP contribution in [0.15, 0.2) is 42.5 Å². The lowest BCUT2D eigenvalue weighted by Gasteiger charge is -2.70. The Labute approximate surface area is 182 Å². The molecule has 30 heavy (non-hydrogen) atoms. The first-order valence-electron chi connectivity index (χ1n) is 9.26. The van der Waals surface area contributed by atoms with Gasteiger partial charge in [0.2, 0.25) is 0 Å². The van der Waals surface area contributed by atoms with Gasteiger partial charge in [-0.3, -0.25) is 9.59 Å². The summed E-state index contributed by atoms with van der Waals surface area (Å²) in [5.74, 6) is 4.27. The van der Waals surface area contributed by atoms with E-state index in [1.54, 1.807) is 24.3 Å². The van der Waals surface area contributed by atoms with Crippen LogP contribution in [0.1, 0.15) is 24.8 Å². The molecule has 2 N–H and O–H groups in total. The van der Waals surface area contributed by atoms with Gasteiger partial charge in [0.25, 0.3) is 11.8 Å². The van der Waals surface area contributed by atoms with Gasteiger partial charge < -0.3 is 15.4 Å². The Morgan fingerprint density at radius 2 is 1.73 bits per heavy atom. The lowest BCUT2D eigenvalue weighted by Crippen LogP contribution is -2.84. The Kier molecular flexibility index (Phi) is 5.35. The second-order valence-corrected chi connectivity index (χ2v) is 8.50. The summed E-state index contributed by atoms with van der Waals surface area (Å²) in [5, 5.41) is 6.34. The number of rotatable bonds is 5. The molecule has 0 atom stereocenters. The van der Waals surface area contributed by atoms with E-state index in [1.807, 2.05) is 0 Å². The number of nitrogens with one attached hydrogen (secondary N) is 2. The second kappa shape index (κ2) is 7.82. The number of hydrogen-bond acceptors (Lipinski definition) is 3. The van der Waals surface area contributed by atoms with Crippen LogP contribution in [0, 0.1) is 17.7 Å². The van der Waals surface area contributed by atoms with E-state index < -0.39 is 5.82 Å². The zero-order chi connectivity index (χ0) is 21.4. The summed E-state index contributed by atoms with van der Waals surface area (Å²) < 4.78 is 18.7. The summed E-state index contributed by atoms with van der Waals surface area (Å²) in [6.07, 6.45) is 1.92. The molecule has 0 heterocycles. The fraction of sp³-hybridized carbons (Fsp3) is 0.273. The lowest BCUT2D eigenvalue weighted by molar-refractivity contribution is -0.148. The quantitative estimate of drug-likeness (QED) is 0.690. The SMILES string of the molecule is O=C(C#Cc1ccccc1Cl)NC12CC(NC(=O)COc3ccc(Cl)c(F)c3)(C1)C2. The fourth-order valence-corrected chi connectivity index (χ4v) is 4.36. The molecule has 0 saturated heterocycles. The van der Waals surface area contributed by atoms with Gasteiger partial charge in [-0.05, 0) is 43.5 Å². The lowest BCUT2D eigenvalue weighted by atomic mass is 9.44. The predicted molar refractivity (Wildman–Crippen MR) is 111 cm³/mol. The molecule has 3 fully saturated rings. The fourth-order valence-electron chi connectivity index (χ4n) is 4.06. The van der Waals surface area contributed by atoms with Crippen molar-refractivity contribution in [2.45, 2.75) is 30.3 Å². The number of amides is 2. The van der Waals surface area contributed by atoms with E-state index in [-0.39, 0.29) is 40.3 Å². The molecule has 2 bridgehead atoms. The molecule has 0 radical (unpaired) electrons. The van der Waals surface area contributed by atoms with E-state index in [0.29, 0.717) is 29.8 Å². The van der Waals surface area contributed by atoms with E-state index in [4.69, 9.17) is 27.9 Å². The Bertz CT molecular complexity index is 1070. The molecular formula is C22H17Cl2FN2O3. The van der Waals surface area contributed by atoms with E-state index >= 15 is 0 Å². The molecule has 0 aromatic heterocycles. The van der Waals surface area contributed by atoms with Crippen LogP contribution in [-0.2, 0) is 9.59 Å². The summed E-state index contributed by atoms with van der Waals surface area (Å²) >= 11 is 11.6. The highest BCUT2D eigenvalue weighted by molar-refractivity contribution is 6.31. The van der Waals surface area contributed by atoms with Crippen LogP contribution in [0.25, 0.3) is 0 Å². The number of carbonyl (C=O) groups is 2. The van der Waals surface area contributed by atoms with Crippen molar-refractivity contribution < 1.29 is 18.7 Å². The van der Waals surface area contributed by atoms with Gasteiger partial charge >= 0.3 is 0 Å². The van der Waals surface area contributed by atoms with Crippen LogP contribution >= 0.6 is 23.2 Å². The minimum Gasteiger partial charge on any atom is -0.484 e. The summed E-state index contributed by atoms with van der Waals surface area (Å²) in [5.41, 5.74) is -0.0503. The van der Waals surface area contributed by atoms with Crippen LogP contribution in [0.2, 0.25) is 10.0 Å². The molecule has 5 rings (SSSR count). The molecule has 0 spiro atoms. The van der Waals surface area contributed by atoms with Gasteiger partial charge in [0, 0.05) is 28.6 Å². The van der Waals surface area contributed by atoms with Crippen molar-refractivity contribution in [3.05, 3.63) is 63.9 Å². The highest BCUT2D eigenvalue weighted by Crippen LogP contribution is 2.60. The highest BCUT2D eigenvalue weighted by Gasteiger charge is 2.69. The molecule has 2 aromatic carbocycles. The maximum absolute atomic E-state index is 13.4. The molecule has 0 unspecified atom stereocenters. The van der Waals surface area contributed by atoms with Crippen molar-refractivity contribution in [3.63, 3.8) is 0 Å². The number of halogens is 3. The van der Waals surface area contributed by atoms with Crippen molar-refractivity contribution in [3.8, 4) is 17.6 Å². The molecule has 2 aromatic rings. The largest absolute Gasteiger partial charge is 0.484 e. The number of benzene rings is 2. The Hall–Kier alpha value is -2.75. The molecule has 5 nitrogen and oxygen atoms in total. The van der Waals surface area contributed by atoms with Gasteiger partial charge in [0.1, 0.15) is 11.6 Å². The summed E-state index contributed by atoms with van der Waals surface area (Å²) in [4.78, 5) is 24.3. The average Bonchev–Trinajstić information content (AvgIpc) is 2.65. The van der Waals surface area contributed by atoms with Gasteiger partial charge in [0.05, 0.1) is 10.0 Å². The molecular weight excluding hydrogens is 430 g/mol. The third-order valence-corrected chi connectivity index (χ3v) is 5.90. The maximum Gasteiger partial charge on any atom is 0.296 e. The van der Waals surface area contributed by atoms with Crippen molar-refractivity contribution in [1.82, 2.24) is 10.6 Å². The molecule has 2 amide bonds. The first kappa shape index (κ1) is 20.5. The van der Waals surface area contributed by atoms with Gasteiger partial charge in [-0.1, -0.05) is 41.3 Å². The summed E-state index contributed by atoms with van der Waals surface area (Å²) in [7, 11) is 0. The number of hydrogen-bond donors (Lipinski definition) is 2. The van der Waals surface area contributed by atoms with Crippen LogP contribution in [-0.4, -0.2) is 29.5 Å². The van der Waals surface area contributed by atoms with E-state index in [1.165, 1.54) is 12.1 Å². The zero-order valence-electron chi connectivity index (χ0n) is 15.7. The molecule has 8 heteroatoms. The van der Waals surface area contributed by atoms with Crippen LogP contribution < -0.4 is 15.4 Å².